The Morgan fingerprint density at radius 3 is 2.85 bits per heavy atom. The van der Waals surface area contributed by atoms with E-state index < -0.39 is 5.97 Å². The van der Waals surface area contributed by atoms with Crippen LogP contribution in [0.25, 0.3) is 11.0 Å². The number of hydrogen-bond acceptors (Lipinski definition) is 4. The highest BCUT2D eigenvalue weighted by Gasteiger charge is 2.12. The third kappa shape index (κ3) is 2.03. The summed E-state index contributed by atoms with van der Waals surface area (Å²) < 4.78 is 3.61. The second kappa shape index (κ2) is 4.44. The molecule has 0 aliphatic rings. The second-order valence-corrected chi connectivity index (χ2v) is 4.59. The third-order valence-corrected chi connectivity index (χ3v) is 3.13. The number of nitrogens with zero attached hydrogens (tertiary/aromatic N) is 5. The molecule has 1 N–H and O–H groups in total. The normalized spacial score (nSPS) is 11.1. The van der Waals surface area contributed by atoms with Crippen molar-refractivity contribution in [3.63, 3.8) is 0 Å². The minimum absolute atomic E-state index is 0.234. The molecule has 0 saturated carbocycles. The molecule has 7 nitrogen and oxygen atoms in total. The first-order chi connectivity index (χ1) is 9.54. The molecule has 0 aliphatic heterocycles. The number of imidazole rings is 1. The molecule has 2 heterocycles. The molecule has 1 aromatic carbocycles. The van der Waals surface area contributed by atoms with Gasteiger partial charge in [0.1, 0.15) is 12.2 Å². The molecule has 2 aromatic heterocycles. The van der Waals surface area contributed by atoms with Crippen molar-refractivity contribution in [1.82, 2.24) is 24.3 Å². The predicted octanol–water partition coefficient (Wildman–Crippen LogP) is 1.22. The lowest BCUT2D eigenvalue weighted by Crippen LogP contribution is -2.04. The van der Waals surface area contributed by atoms with Gasteiger partial charge in [-0.2, -0.15) is 5.10 Å². The number of carboxylic acids is 1. The van der Waals surface area contributed by atoms with Crippen molar-refractivity contribution in [2.45, 2.75) is 13.5 Å². The van der Waals surface area contributed by atoms with Gasteiger partial charge in [0, 0.05) is 7.05 Å². The fraction of sp³-hybridized carbons (Fsp3) is 0.231. The molecule has 7 heteroatoms. The fourth-order valence-electron chi connectivity index (χ4n) is 2.18. The van der Waals surface area contributed by atoms with Gasteiger partial charge in [0.2, 0.25) is 0 Å². The Hall–Kier alpha value is -2.70. The SMILES string of the molecule is Cc1nc2cc(C(=O)O)ccc2n1Cc1ncn(C)n1. The van der Waals surface area contributed by atoms with E-state index in [0.29, 0.717) is 17.9 Å². The smallest absolute Gasteiger partial charge is 0.335 e. The Balaban J connectivity index is 2.06. The van der Waals surface area contributed by atoms with E-state index in [9.17, 15) is 4.79 Å². The lowest BCUT2D eigenvalue weighted by molar-refractivity contribution is 0.0697. The zero-order valence-corrected chi connectivity index (χ0v) is 11.1. The quantitative estimate of drug-likeness (QED) is 0.774. The maximum Gasteiger partial charge on any atom is 0.335 e. The molecular formula is C13H13N5O2. The second-order valence-electron chi connectivity index (χ2n) is 4.59. The topological polar surface area (TPSA) is 85.8 Å². The number of benzene rings is 1. The first-order valence-corrected chi connectivity index (χ1v) is 6.09. The van der Waals surface area contributed by atoms with Gasteiger partial charge in [-0.25, -0.2) is 14.8 Å². The number of carboxylic acid groups (broad SMARTS) is 1. The van der Waals surface area contributed by atoms with Crippen LogP contribution in [0.1, 0.15) is 22.0 Å². The number of hydrogen-bond donors (Lipinski definition) is 1. The van der Waals surface area contributed by atoms with E-state index >= 15 is 0 Å². The molecule has 102 valence electrons. The summed E-state index contributed by atoms with van der Waals surface area (Å²) in [4.78, 5) is 19.6. The standard InChI is InChI=1S/C13H13N5O2/c1-8-15-10-5-9(13(19)20)3-4-11(10)18(8)6-12-14-7-17(2)16-12/h3-5,7H,6H2,1-2H3,(H,19,20). The van der Waals surface area contributed by atoms with Crippen LogP contribution >= 0.6 is 0 Å². The van der Waals surface area contributed by atoms with Gasteiger partial charge in [0.05, 0.1) is 23.1 Å². The highest BCUT2D eigenvalue weighted by molar-refractivity contribution is 5.92. The Morgan fingerprint density at radius 2 is 2.20 bits per heavy atom. The zero-order valence-electron chi connectivity index (χ0n) is 11.1. The predicted molar refractivity (Wildman–Crippen MR) is 71.5 cm³/mol. The van der Waals surface area contributed by atoms with E-state index in [1.807, 2.05) is 18.5 Å². The summed E-state index contributed by atoms with van der Waals surface area (Å²) in [5.74, 6) is 0.540. The van der Waals surface area contributed by atoms with Crippen molar-refractivity contribution >= 4 is 17.0 Å². The molecule has 0 amide bonds. The number of aromatic nitrogens is 5. The number of carbonyl (C=O) groups is 1. The van der Waals surface area contributed by atoms with E-state index in [0.717, 1.165) is 11.3 Å². The van der Waals surface area contributed by atoms with Crippen molar-refractivity contribution < 1.29 is 9.90 Å². The largest absolute Gasteiger partial charge is 0.478 e. The van der Waals surface area contributed by atoms with Crippen LogP contribution < -0.4 is 0 Å². The van der Waals surface area contributed by atoms with Crippen molar-refractivity contribution in [3.05, 3.63) is 41.7 Å². The molecule has 0 bridgehead atoms. The summed E-state index contributed by atoms with van der Waals surface area (Å²) >= 11 is 0. The van der Waals surface area contributed by atoms with Crippen molar-refractivity contribution in [3.8, 4) is 0 Å². The molecule has 20 heavy (non-hydrogen) atoms. The molecule has 0 saturated heterocycles. The third-order valence-electron chi connectivity index (χ3n) is 3.13. The maximum absolute atomic E-state index is 11.0. The van der Waals surface area contributed by atoms with Gasteiger partial charge < -0.3 is 9.67 Å². The Morgan fingerprint density at radius 1 is 1.40 bits per heavy atom. The van der Waals surface area contributed by atoms with E-state index in [1.54, 1.807) is 29.2 Å². The van der Waals surface area contributed by atoms with E-state index in [-0.39, 0.29) is 5.56 Å². The van der Waals surface area contributed by atoms with Crippen LogP contribution in [0.5, 0.6) is 0 Å². The summed E-state index contributed by atoms with van der Waals surface area (Å²) in [5.41, 5.74) is 1.77. The summed E-state index contributed by atoms with van der Waals surface area (Å²) in [6, 6.07) is 4.92. The summed E-state index contributed by atoms with van der Waals surface area (Å²) in [6.07, 6.45) is 1.65. The van der Waals surface area contributed by atoms with Crippen LogP contribution in [0.3, 0.4) is 0 Å². The van der Waals surface area contributed by atoms with Gasteiger partial charge in [-0.05, 0) is 25.1 Å². The summed E-state index contributed by atoms with van der Waals surface area (Å²) in [5, 5.41) is 13.2. The van der Waals surface area contributed by atoms with E-state index in [2.05, 4.69) is 15.1 Å². The number of rotatable bonds is 3. The van der Waals surface area contributed by atoms with Gasteiger partial charge in [-0.15, -0.1) is 0 Å². The van der Waals surface area contributed by atoms with Crippen LogP contribution in [-0.4, -0.2) is 35.4 Å². The Bertz CT molecular complexity index is 802. The minimum atomic E-state index is -0.953. The van der Waals surface area contributed by atoms with Gasteiger partial charge in [0.15, 0.2) is 5.82 Å². The molecule has 0 aliphatic carbocycles. The zero-order chi connectivity index (χ0) is 14.3. The van der Waals surface area contributed by atoms with Gasteiger partial charge in [-0.3, -0.25) is 4.68 Å². The molecule has 0 radical (unpaired) electrons. The van der Waals surface area contributed by atoms with E-state index in [1.165, 1.54) is 0 Å². The van der Waals surface area contributed by atoms with Crippen LogP contribution in [0.4, 0.5) is 0 Å². The maximum atomic E-state index is 11.0. The van der Waals surface area contributed by atoms with Crippen LogP contribution in [0.15, 0.2) is 24.5 Å². The van der Waals surface area contributed by atoms with Crippen LogP contribution in [0, 0.1) is 6.92 Å². The minimum Gasteiger partial charge on any atom is -0.478 e. The highest BCUT2D eigenvalue weighted by atomic mass is 16.4. The van der Waals surface area contributed by atoms with Crippen LogP contribution in [0.2, 0.25) is 0 Å². The Labute approximate surface area is 114 Å². The van der Waals surface area contributed by atoms with Crippen LogP contribution in [-0.2, 0) is 13.6 Å². The van der Waals surface area contributed by atoms with Crippen molar-refractivity contribution in [2.24, 2.45) is 7.05 Å². The van der Waals surface area contributed by atoms with Gasteiger partial charge in [-0.1, -0.05) is 0 Å². The molecule has 0 spiro atoms. The first-order valence-electron chi connectivity index (χ1n) is 6.09. The van der Waals surface area contributed by atoms with Gasteiger partial charge in [0.25, 0.3) is 0 Å². The number of aryl methyl sites for hydroxylation is 2. The molecular weight excluding hydrogens is 258 g/mol. The monoisotopic (exact) mass is 271 g/mol. The first kappa shape index (κ1) is 12.3. The highest BCUT2D eigenvalue weighted by Crippen LogP contribution is 2.18. The number of fused-ring (bicyclic) bond motifs is 1. The lowest BCUT2D eigenvalue weighted by atomic mass is 10.2. The van der Waals surface area contributed by atoms with Crippen molar-refractivity contribution in [2.75, 3.05) is 0 Å². The number of aromatic carboxylic acids is 1. The molecule has 0 atom stereocenters. The average Bonchev–Trinajstić information content (AvgIpc) is 2.94. The molecule has 0 fully saturated rings. The van der Waals surface area contributed by atoms with Gasteiger partial charge >= 0.3 is 5.97 Å². The fourth-order valence-corrected chi connectivity index (χ4v) is 2.18. The molecule has 3 aromatic rings. The van der Waals surface area contributed by atoms with E-state index in [4.69, 9.17) is 5.11 Å². The molecule has 3 rings (SSSR count). The summed E-state index contributed by atoms with van der Waals surface area (Å²) in [6.45, 7) is 2.39. The average molecular weight is 271 g/mol. The van der Waals surface area contributed by atoms with Crippen molar-refractivity contribution in [1.29, 1.82) is 0 Å². The summed E-state index contributed by atoms with van der Waals surface area (Å²) in [7, 11) is 1.81. The Kier molecular flexibility index (Phi) is 2.74. The molecule has 0 unspecified atom stereocenters. The lowest BCUT2D eigenvalue weighted by Gasteiger charge is -2.03.